The monoisotopic (exact) mass is 256 g/mol. The van der Waals surface area contributed by atoms with Crippen LogP contribution in [0.25, 0.3) is 0 Å². The van der Waals surface area contributed by atoms with Crippen LogP contribution in [0, 0.1) is 0 Å². The zero-order valence-corrected chi connectivity index (χ0v) is 11.9. The summed E-state index contributed by atoms with van der Waals surface area (Å²) in [5, 5.41) is 0. The SMILES string of the molecule is PCCCCC(c1ccccc1)c1ccccc1. The van der Waals surface area contributed by atoms with E-state index in [9.17, 15) is 0 Å². The molecule has 0 heterocycles. The van der Waals surface area contributed by atoms with Crippen molar-refractivity contribution in [2.75, 3.05) is 6.16 Å². The maximum Gasteiger partial charge on any atom is 0.00893 e. The van der Waals surface area contributed by atoms with Gasteiger partial charge in [-0.25, -0.2) is 0 Å². The van der Waals surface area contributed by atoms with E-state index in [2.05, 4.69) is 69.9 Å². The van der Waals surface area contributed by atoms with Crippen LogP contribution in [0.4, 0.5) is 0 Å². The summed E-state index contributed by atoms with van der Waals surface area (Å²) in [6, 6.07) is 21.7. The summed E-state index contributed by atoms with van der Waals surface area (Å²) in [4.78, 5) is 0. The molecular formula is C17H21P. The largest absolute Gasteiger partial charge is 0.138 e. The molecule has 0 spiro atoms. The van der Waals surface area contributed by atoms with Gasteiger partial charge in [-0.05, 0) is 30.1 Å². The summed E-state index contributed by atoms with van der Waals surface area (Å²) in [7, 11) is 2.82. The Kier molecular flexibility index (Phi) is 5.42. The molecule has 1 atom stereocenters. The first kappa shape index (κ1) is 13.3. The Labute approximate surface area is 113 Å². The van der Waals surface area contributed by atoms with Crippen molar-refractivity contribution >= 4 is 9.24 Å². The Morgan fingerprint density at radius 1 is 0.722 bits per heavy atom. The molecule has 2 aromatic rings. The zero-order chi connectivity index (χ0) is 12.6. The summed E-state index contributed by atoms with van der Waals surface area (Å²) >= 11 is 0. The highest BCUT2D eigenvalue weighted by Gasteiger charge is 2.12. The van der Waals surface area contributed by atoms with Gasteiger partial charge in [0.05, 0.1) is 0 Å². The van der Waals surface area contributed by atoms with Crippen molar-refractivity contribution in [1.29, 1.82) is 0 Å². The number of unbranched alkanes of at least 4 members (excludes halogenated alkanes) is 1. The molecule has 0 saturated heterocycles. The molecule has 0 radical (unpaired) electrons. The van der Waals surface area contributed by atoms with Gasteiger partial charge < -0.3 is 0 Å². The Morgan fingerprint density at radius 2 is 1.22 bits per heavy atom. The van der Waals surface area contributed by atoms with Gasteiger partial charge in [-0.1, -0.05) is 67.1 Å². The lowest BCUT2D eigenvalue weighted by atomic mass is 9.87. The molecular weight excluding hydrogens is 235 g/mol. The van der Waals surface area contributed by atoms with E-state index in [1.165, 1.54) is 36.6 Å². The molecule has 1 heteroatoms. The van der Waals surface area contributed by atoms with Crippen LogP contribution < -0.4 is 0 Å². The molecule has 0 aliphatic rings. The first-order chi connectivity index (χ1) is 8.92. The van der Waals surface area contributed by atoms with Crippen molar-refractivity contribution in [2.24, 2.45) is 0 Å². The van der Waals surface area contributed by atoms with Crippen LogP contribution in [0.3, 0.4) is 0 Å². The minimum atomic E-state index is 0.545. The molecule has 0 aliphatic carbocycles. The van der Waals surface area contributed by atoms with Crippen molar-refractivity contribution in [3.05, 3.63) is 71.8 Å². The summed E-state index contributed by atoms with van der Waals surface area (Å²) in [6.45, 7) is 0. The molecule has 94 valence electrons. The number of hydrogen-bond donors (Lipinski definition) is 0. The van der Waals surface area contributed by atoms with Crippen LogP contribution in [0.15, 0.2) is 60.7 Å². The van der Waals surface area contributed by atoms with Gasteiger partial charge in [-0.15, -0.1) is 9.24 Å². The fourth-order valence-electron chi connectivity index (χ4n) is 2.39. The standard InChI is InChI=1S/C17H21P/c18-14-8-7-13-17(15-9-3-1-4-10-15)16-11-5-2-6-12-16/h1-6,9-12,17H,7-8,13-14,18H2. The third-order valence-electron chi connectivity index (χ3n) is 3.35. The first-order valence-electron chi connectivity index (χ1n) is 6.72. The molecule has 0 fully saturated rings. The van der Waals surface area contributed by atoms with Crippen LogP contribution >= 0.6 is 9.24 Å². The van der Waals surface area contributed by atoms with E-state index in [1.54, 1.807) is 0 Å². The molecule has 0 bridgehead atoms. The molecule has 0 N–H and O–H groups in total. The third-order valence-corrected chi connectivity index (χ3v) is 3.76. The smallest absolute Gasteiger partial charge is 0.00893 e. The van der Waals surface area contributed by atoms with Gasteiger partial charge in [0.15, 0.2) is 0 Å². The topological polar surface area (TPSA) is 0 Å². The lowest BCUT2D eigenvalue weighted by Crippen LogP contribution is -2.01. The highest BCUT2D eigenvalue weighted by molar-refractivity contribution is 7.16. The minimum Gasteiger partial charge on any atom is -0.138 e. The molecule has 0 nitrogen and oxygen atoms in total. The average Bonchev–Trinajstić information content (AvgIpc) is 2.46. The van der Waals surface area contributed by atoms with E-state index in [-0.39, 0.29) is 0 Å². The second-order valence-corrected chi connectivity index (χ2v) is 5.24. The van der Waals surface area contributed by atoms with E-state index in [0.717, 1.165) is 0 Å². The Balaban J connectivity index is 2.18. The van der Waals surface area contributed by atoms with E-state index >= 15 is 0 Å². The first-order valence-corrected chi connectivity index (χ1v) is 7.53. The lowest BCUT2D eigenvalue weighted by Gasteiger charge is -2.17. The second-order valence-electron chi connectivity index (χ2n) is 4.66. The van der Waals surface area contributed by atoms with Crippen LogP contribution in [-0.2, 0) is 0 Å². The van der Waals surface area contributed by atoms with E-state index in [4.69, 9.17) is 0 Å². The van der Waals surface area contributed by atoms with Gasteiger partial charge in [0.1, 0.15) is 0 Å². The van der Waals surface area contributed by atoms with Crippen molar-refractivity contribution < 1.29 is 0 Å². The van der Waals surface area contributed by atoms with Gasteiger partial charge in [-0.3, -0.25) is 0 Å². The zero-order valence-electron chi connectivity index (χ0n) is 10.8. The highest BCUT2D eigenvalue weighted by atomic mass is 31.0. The summed E-state index contributed by atoms with van der Waals surface area (Å²) in [5.41, 5.74) is 2.87. The predicted molar refractivity (Wildman–Crippen MR) is 83.2 cm³/mol. The molecule has 0 amide bonds. The Hall–Kier alpha value is -1.13. The van der Waals surface area contributed by atoms with Gasteiger partial charge in [0.2, 0.25) is 0 Å². The van der Waals surface area contributed by atoms with Gasteiger partial charge in [-0.2, -0.15) is 0 Å². The van der Waals surface area contributed by atoms with Crippen molar-refractivity contribution in [1.82, 2.24) is 0 Å². The average molecular weight is 256 g/mol. The molecule has 2 aromatic carbocycles. The molecule has 2 rings (SSSR count). The predicted octanol–water partition coefficient (Wildman–Crippen LogP) is 4.86. The second kappa shape index (κ2) is 7.34. The fraction of sp³-hybridized carbons (Fsp3) is 0.294. The van der Waals surface area contributed by atoms with Gasteiger partial charge >= 0.3 is 0 Å². The van der Waals surface area contributed by atoms with Crippen LogP contribution in [0.1, 0.15) is 36.3 Å². The maximum atomic E-state index is 2.82. The summed E-state index contributed by atoms with van der Waals surface area (Å²) in [5.74, 6) is 0.545. The lowest BCUT2D eigenvalue weighted by molar-refractivity contribution is 0.653. The number of benzene rings is 2. The quantitative estimate of drug-likeness (QED) is 0.511. The Morgan fingerprint density at radius 3 is 1.67 bits per heavy atom. The molecule has 0 aromatic heterocycles. The fourth-order valence-corrected chi connectivity index (χ4v) is 2.68. The van der Waals surface area contributed by atoms with Crippen molar-refractivity contribution in [3.63, 3.8) is 0 Å². The van der Waals surface area contributed by atoms with E-state index in [1.807, 2.05) is 0 Å². The molecule has 0 saturated carbocycles. The maximum absolute atomic E-state index is 2.82. The third kappa shape index (κ3) is 3.68. The van der Waals surface area contributed by atoms with Crippen LogP contribution in [-0.4, -0.2) is 6.16 Å². The van der Waals surface area contributed by atoms with Crippen molar-refractivity contribution in [2.45, 2.75) is 25.2 Å². The molecule has 1 unspecified atom stereocenters. The van der Waals surface area contributed by atoms with Crippen LogP contribution in [0.2, 0.25) is 0 Å². The minimum absolute atomic E-state index is 0.545. The molecule has 18 heavy (non-hydrogen) atoms. The van der Waals surface area contributed by atoms with Crippen molar-refractivity contribution in [3.8, 4) is 0 Å². The number of rotatable bonds is 6. The summed E-state index contributed by atoms with van der Waals surface area (Å²) in [6.07, 6.45) is 5.03. The van der Waals surface area contributed by atoms with Gasteiger partial charge in [0.25, 0.3) is 0 Å². The highest BCUT2D eigenvalue weighted by Crippen LogP contribution is 2.29. The Bertz CT molecular complexity index is 396. The molecule has 0 aliphatic heterocycles. The van der Waals surface area contributed by atoms with E-state index in [0.29, 0.717) is 5.92 Å². The van der Waals surface area contributed by atoms with Gasteiger partial charge in [0, 0.05) is 5.92 Å². The normalized spacial score (nSPS) is 10.8. The van der Waals surface area contributed by atoms with Crippen LogP contribution in [0.5, 0.6) is 0 Å². The number of hydrogen-bond acceptors (Lipinski definition) is 0. The summed E-state index contributed by atoms with van der Waals surface area (Å²) < 4.78 is 0. The van der Waals surface area contributed by atoms with E-state index < -0.39 is 0 Å².